The molecule has 2 atom stereocenters. The highest BCUT2D eigenvalue weighted by molar-refractivity contribution is 5.30. The molecule has 2 aromatic rings. The Hall–Kier alpha value is -2.05. The zero-order valence-electron chi connectivity index (χ0n) is 12.9. The smallest absolute Gasteiger partial charge is 0.416 e. The summed E-state index contributed by atoms with van der Waals surface area (Å²) < 4.78 is 43.8. The Morgan fingerprint density at radius 3 is 2.50 bits per heavy atom. The summed E-state index contributed by atoms with van der Waals surface area (Å²) in [7, 11) is 0. The van der Waals surface area contributed by atoms with Crippen LogP contribution in [0.1, 0.15) is 11.1 Å². The molecular weight excluding hydrogens is 319 g/mol. The topological polar surface area (TPSA) is 32.7 Å². The van der Waals surface area contributed by atoms with E-state index in [0.29, 0.717) is 19.6 Å². The van der Waals surface area contributed by atoms with E-state index in [1.54, 1.807) is 0 Å². The van der Waals surface area contributed by atoms with Gasteiger partial charge in [0.2, 0.25) is 0 Å². The molecule has 1 aliphatic heterocycles. The van der Waals surface area contributed by atoms with Gasteiger partial charge in [-0.25, -0.2) is 0 Å². The summed E-state index contributed by atoms with van der Waals surface area (Å²) >= 11 is 0. The highest BCUT2D eigenvalue weighted by atomic mass is 19.4. The Balaban J connectivity index is 1.64. The first-order valence-corrected chi connectivity index (χ1v) is 7.70. The fraction of sp³-hybridized carbons (Fsp3) is 0.333. The van der Waals surface area contributed by atoms with Gasteiger partial charge in [-0.2, -0.15) is 13.2 Å². The SMILES string of the molecule is O[C@@H]1CN(Cc2ccccc2)C[C@H]1Oc1cccc(C(F)(F)F)c1. The lowest BCUT2D eigenvalue weighted by Gasteiger charge is -2.18. The van der Waals surface area contributed by atoms with Gasteiger partial charge in [0.05, 0.1) is 5.56 Å². The molecule has 0 amide bonds. The molecule has 0 aliphatic carbocycles. The van der Waals surface area contributed by atoms with Gasteiger partial charge in [0.1, 0.15) is 18.0 Å². The van der Waals surface area contributed by atoms with Crippen LogP contribution in [-0.4, -0.2) is 35.3 Å². The third-order valence-corrected chi connectivity index (χ3v) is 4.01. The summed E-state index contributed by atoms with van der Waals surface area (Å²) in [5.74, 6) is 0.121. The first-order valence-electron chi connectivity index (χ1n) is 7.70. The van der Waals surface area contributed by atoms with E-state index in [9.17, 15) is 18.3 Å². The van der Waals surface area contributed by atoms with E-state index in [0.717, 1.165) is 17.7 Å². The minimum Gasteiger partial charge on any atom is -0.486 e. The highest BCUT2D eigenvalue weighted by Crippen LogP contribution is 2.32. The van der Waals surface area contributed by atoms with Crippen LogP contribution >= 0.6 is 0 Å². The van der Waals surface area contributed by atoms with Crippen molar-refractivity contribution in [2.24, 2.45) is 0 Å². The lowest BCUT2D eigenvalue weighted by molar-refractivity contribution is -0.137. The number of nitrogens with zero attached hydrogens (tertiary/aromatic N) is 1. The van der Waals surface area contributed by atoms with Crippen molar-refractivity contribution < 1.29 is 23.0 Å². The molecule has 0 unspecified atom stereocenters. The number of rotatable bonds is 4. The van der Waals surface area contributed by atoms with Crippen molar-refractivity contribution in [1.82, 2.24) is 4.90 Å². The molecule has 1 N–H and O–H groups in total. The number of hydrogen-bond donors (Lipinski definition) is 1. The van der Waals surface area contributed by atoms with Gasteiger partial charge in [-0.05, 0) is 23.8 Å². The summed E-state index contributed by atoms with van der Waals surface area (Å²) in [6.45, 7) is 1.56. The molecule has 0 spiro atoms. The maximum Gasteiger partial charge on any atom is 0.416 e. The van der Waals surface area contributed by atoms with Crippen molar-refractivity contribution in [3.8, 4) is 5.75 Å². The molecule has 24 heavy (non-hydrogen) atoms. The Bertz CT molecular complexity index is 675. The van der Waals surface area contributed by atoms with Gasteiger partial charge in [-0.15, -0.1) is 0 Å². The zero-order valence-corrected chi connectivity index (χ0v) is 12.9. The van der Waals surface area contributed by atoms with Crippen LogP contribution < -0.4 is 4.74 Å². The first-order chi connectivity index (χ1) is 11.4. The summed E-state index contributed by atoms with van der Waals surface area (Å²) in [6, 6.07) is 14.6. The molecule has 1 aliphatic rings. The van der Waals surface area contributed by atoms with Gasteiger partial charge in [-0.3, -0.25) is 4.90 Å². The first kappa shape index (κ1) is 16.8. The molecule has 0 aromatic heterocycles. The average Bonchev–Trinajstić information content (AvgIpc) is 2.87. The summed E-state index contributed by atoms with van der Waals surface area (Å²) in [5.41, 5.74) is 0.359. The number of ether oxygens (including phenoxy) is 1. The van der Waals surface area contributed by atoms with Crippen LogP contribution in [0.5, 0.6) is 5.75 Å². The minimum atomic E-state index is -4.41. The summed E-state index contributed by atoms with van der Waals surface area (Å²) in [6.07, 6.45) is -5.69. The fourth-order valence-electron chi connectivity index (χ4n) is 2.84. The van der Waals surface area contributed by atoms with Gasteiger partial charge in [0, 0.05) is 19.6 Å². The van der Waals surface area contributed by atoms with Crippen molar-refractivity contribution in [1.29, 1.82) is 0 Å². The van der Waals surface area contributed by atoms with Crippen LogP contribution in [0.2, 0.25) is 0 Å². The van der Waals surface area contributed by atoms with Gasteiger partial charge >= 0.3 is 6.18 Å². The van der Waals surface area contributed by atoms with E-state index in [1.165, 1.54) is 12.1 Å². The quantitative estimate of drug-likeness (QED) is 0.929. The van der Waals surface area contributed by atoms with Crippen molar-refractivity contribution in [3.63, 3.8) is 0 Å². The number of β-amino-alcohol motifs (C(OH)–C–C–N with tert-alkyl or cyclic N) is 1. The molecule has 128 valence electrons. The molecule has 1 fully saturated rings. The van der Waals surface area contributed by atoms with Crippen molar-refractivity contribution >= 4 is 0 Å². The van der Waals surface area contributed by atoms with Crippen LogP contribution in [0, 0.1) is 0 Å². The predicted octanol–water partition coefficient (Wildman–Crippen LogP) is 3.33. The minimum absolute atomic E-state index is 0.121. The standard InChI is InChI=1S/C18H18F3NO2/c19-18(20,21)14-7-4-8-15(9-14)24-17-12-22(11-16(17)23)10-13-5-2-1-3-6-13/h1-9,16-17,23H,10-12H2/t16-,17-/m1/s1. The van der Waals surface area contributed by atoms with Gasteiger partial charge in [0.25, 0.3) is 0 Å². The third kappa shape index (κ3) is 4.07. The molecule has 2 aromatic carbocycles. The lowest BCUT2D eigenvalue weighted by atomic mass is 10.2. The van der Waals surface area contributed by atoms with Gasteiger partial charge in [-0.1, -0.05) is 36.4 Å². The predicted molar refractivity (Wildman–Crippen MR) is 83.6 cm³/mol. The summed E-state index contributed by atoms with van der Waals surface area (Å²) in [5, 5.41) is 10.1. The zero-order chi connectivity index (χ0) is 17.2. The Labute approximate surface area is 138 Å². The Kier molecular flexibility index (Phi) is 4.78. The molecule has 0 radical (unpaired) electrons. The highest BCUT2D eigenvalue weighted by Gasteiger charge is 2.34. The lowest BCUT2D eigenvalue weighted by Crippen LogP contribution is -2.30. The second kappa shape index (κ2) is 6.83. The van der Waals surface area contributed by atoms with E-state index in [2.05, 4.69) is 0 Å². The fourth-order valence-corrected chi connectivity index (χ4v) is 2.84. The van der Waals surface area contributed by atoms with Crippen molar-refractivity contribution in [2.45, 2.75) is 24.9 Å². The van der Waals surface area contributed by atoms with Gasteiger partial charge in [0.15, 0.2) is 0 Å². The van der Waals surface area contributed by atoms with Crippen LogP contribution in [0.15, 0.2) is 54.6 Å². The van der Waals surface area contributed by atoms with Crippen LogP contribution in [-0.2, 0) is 12.7 Å². The molecule has 6 heteroatoms. The van der Waals surface area contributed by atoms with Crippen LogP contribution in [0.4, 0.5) is 13.2 Å². The molecule has 1 heterocycles. The molecule has 3 nitrogen and oxygen atoms in total. The van der Waals surface area contributed by atoms with E-state index in [-0.39, 0.29) is 5.75 Å². The maximum atomic E-state index is 12.7. The van der Waals surface area contributed by atoms with Crippen LogP contribution in [0.25, 0.3) is 0 Å². The summed E-state index contributed by atoms with van der Waals surface area (Å²) in [4.78, 5) is 2.03. The number of halogens is 3. The molecule has 0 saturated carbocycles. The number of aliphatic hydroxyl groups excluding tert-OH is 1. The van der Waals surface area contributed by atoms with Crippen molar-refractivity contribution in [2.75, 3.05) is 13.1 Å². The van der Waals surface area contributed by atoms with E-state index < -0.39 is 23.9 Å². The van der Waals surface area contributed by atoms with Crippen molar-refractivity contribution in [3.05, 3.63) is 65.7 Å². The van der Waals surface area contributed by atoms with E-state index in [1.807, 2.05) is 35.2 Å². The molecule has 0 bridgehead atoms. The number of alkyl halides is 3. The molecular formula is C18H18F3NO2. The number of likely N-dealkylation sites (tertiary alicyclic amines) is 1. The van der Waals surface area contributed by atoms with Gasteiger partial charge < -0.3 is 9.84 Å². The average molecular weight is 337 g/mol. The second-order valence-corrected chi connectivity index (χ2v) is 5.93. The van der Waals surface area contributed by atoms with E-state index >= 15 is 0 Å². The molecule has 1 saturated heterocycles. The molecule has 3 rings (SSSR count). The normalized spacial score (nSPS) is 21.8. The van der Waals surface area contributed by atoms with Crippen LogP contribution in [0.3, 0.4) is 0 Å². The van der Waals surface area contributed by atoms with E-state index in [4.69, 9.17) is 4.74 Å². The number of benzene rings is 2. The Morgan fingerprint density at radius 2 is 1.79 bits per heavy atom. The number of aliphatic hydroxyl groups is 1. The Morgan fingerprint density at radius 1 is 1.04 bits per heavy atom. The third-order valence-electron chi connectivity index (χ3n) is 4.01. The second-order valence-electron chi connectivity index (χ2n) is 5.93. The maximum absolute atomic E-state index is 12.7. The monoisotopic (exact) mass is 337 g/mol. The number of hydrogen-bond acceptors (Lipinski definition) is 3. The largest absolute Gasteiger partial charge is 0.486 e.